The largest absolute Gasteiger partial charge is 0.479 e. The molecule has 1 heterocycles. The summed E-state index contributed by atoms with van der Waals surface area (Å²) in [6, 6.07) is 1.94. The maximum atomic E-state index is 13.8. The fourth-order valence-corrected chi connectivity index (χ4v) is 1.88. The summed E-state index contributed by atoms with van der Waals surface area (Å²) in [5, 5.41) is 19.9. The summed E-state index contributed by atoms with van der Waals surface area (Å²) in [7, 11) is 0. The van der Waals surface area contributed by atoms with Gasteiger partial charge in [-0.1, -0.05) is 0 Å². The van der Waals surface area contributed by atoms with Gasteiger partial charge in [0, 0.05) is 5.69 Å². The van der Waals surface area contributed by atoms with Gasteiger partial charge in [0.05, 0.1) is 19.6 Å². The topological polar surface area (TPSA) is 72.8 Å². The number of nitrogens with one attached hydrogen (secondary N) is 1. The van der Waals surface area contributed by atoms with Crippen molar-refractivity contribution >= 4 is 17.3 Å². The Labute approximate surface area is 112 Å². The maximum absolute atomic E-state index is 13.8. The van der Waals surface area contributed by atoms with Crippen LogP contribution >= 0.6 is 0 Å². The van der Waals surface area contributed by atoms with Gasteiger partial charge in [-0.25, -0.2) is 18.0 Å². The molecule has 3 N–H and O–H groups in total. The summed E-state index contributed by atoms with van der Waals surface area (Å²) < 4.78 is 40.2. The molecule has 110 valence electrons. The van der Waals surface area contributed by atoms with E-state index in [9.17, 15) is 18.0 Å². The second-order valence-corrected chi connectivity index (χ2v) is 4.53. The number of carboxylic acids is 1. The molecule has 1 fully saturated rings. The first kappa shape index (κ1) is 14.4. The highest BCUT2D eigenvalue weighted by molar-refractivity contribution is 5.73. The predicted molar refractivity (Wildman–Crippen MR) is 65.6 cm³/mol. The van der Waals surface area contributed by atoms with Gasteiger partial charge in [0.2, 0.25) is 0 Å². The Bertz CT molecular complexity index is 498. The molecule has 1 aliphatic rings. The fraction of sp³-hybridized carbons (Fsp3) is 0.417. The number of carboxylic acid groups (broad SMARTS) is 1. The molecule has 1 aliphatic heterocycles. The fourth-order valence-electron chi connectivity index (χ4n) is 1.88. The third kappa shape index (κ3) is 2.96. The Morgan fingerprint density at radius 2 is 1.95 bits per heavy atom. The quantitative estimate of drug-likeness (QED) is 0.754. The number of hydrogen-bond donors (Lipinski definition) is 3. The van der Waals surface area contributed by atoms with E-state index in [1.54, 1.807) is 0 Å². The standard InChI is InChI=1S/C12H13F3N2O3/c13-6-4-17(5-6)11-8(14)1-7(2-9(11)15)16-3-10(18)12(19)20/h1-2,6,10,16,18H,3-5H2,(H,19,20). The Hall–Kier alpha value is -1.96. The number of rotatable bonds is 5. The van der Waals surface area contributed by atoms with Crippen LogP contribution in [0.25, 0.3) is 0 Å². The average molecular weight is 290 g/mol. The molecule has 5 nitrogen and oxygen atoms in total. The molecule has 1 unspecified atom stereocenters. The number of nitrogens with zero attached hydrogens (tertiary/aromatic N) is 1. The van der Waals surface area contributed by atoms with Gasteiger partial charge < -0.3 is 20.4 Å². The molecule has 1 aromatic carbocycles. The third-order valence-electron chi connectivity index (χ3n) is 2.95. The van der Waals surface area contributed by atoms with Crippen molar-refractivity contribution in [3.8, 4) is 0 Å². The molecular weight excluding hydrogens is 277 g/mol. The van der Waals surface area contributed by atoms with Gasteiger partial charge in [-0.2, -0.15) is 0 Å². The number of anilines is 2. The van der Waals surface area contributed by atoms with E-state index >= 15 is 0 Å². The van der Waals surface area contributed by atoms with Gasteiger partial charge in [-0.3, -0.25) is 0 Å². The van der Waals surface area contributed by atoms with E-state index in [0.29, 0.717) is 0 Å². The minimum Gasteiger partial charge on any atom is -0.479 e. The zero-order chi connectivity index (χ0) is 14.9. The summed E-state index contributed by atoms with van der Waals surface area (Å²) in [6.07, 6.45) is -2.76. The molecular formula is C12H13F3N2O3. The summed E-state index contributed by atoms with van der Waals surface area (Å²) in [4.78, 5) is 11.6. The number of aliphatic hydroxyl groups is 1. The first-order chi connectivity index (χ1) is 9.38. The average Bonchev–Trinajstić information content (AvgIpc) is 2.32. The lowest BCUT2D eigenvalue weighted by molar-refractivity contribution is -0.145. The van der Waals surface area contributed by atoms with E-state index in [2.05, 4.69) is 5.32 Å². The monoisotopic (exact) mass is 290 g/mol. The highest BCUT2D eigenvalue weighted by Crippen LogP contribution is 2.30. The lowest BCUT2D eigenvalue weighted by Gasteiger charge is -2.36. The molecule has 8 heteroatoms. The van der Waals surface area contributed by atoms with Crippen LogP contribution in [0.4, 0.5) is 24.5 Å². The molecule has 0 radical (unpaired) electrons. The molecule has 0 aromatic heterocycles. The predicted octanol–water partition coefficient (Wildman–Crippen LogP) is 0.980. The van der Waals surface area contributed by atoms with E-state index in [1.165, 1.54) is 4.90 Å². The van der Waals surface area contributed by atoms with Crippen LogP contribution in [-0.2, 0) is 4.79 Å². The van der Waals surface area contributed by atoms with Crippen LogP contribution in [0.2, 0.25) is 0 Å². The molecule has 0 amide bonds. The van der Waals surface area contributed by atoms with Crippen molar-refractivity contribution in [3.05, 3.63) is 23.8 Å². The lowest BCUT2D eigenvalue weighted by Crippen LogP contribution is -2.49. The Kier molecular flexibility index (Phi) is 4.03. The second kappa shape index (κ2) is 5.58. The second-order valence-electron chi connectivity index (χ2n) is 4.53. The van der Waals surface area contributed by atoms with Gasteiger partial charge in [-0.05, 0) is 12.1 Å². The normalized spacial score (nSPS) is 16.7. The van der Waals surface area contributed by atoms with Crippen molar-refractivity contribution in [1.29, 1.82) is 0 Å². The van der Waals surface area contributed by atoms with Crippen molar-refractivity contribution in [1.82, 2.24) is 0 Å². The number of hydrogen-bond acceptors (Lipinski definition) is 4. The summed E-state index contributed by atoms with van der Waals surface area (Å²) >= 11 is 0. The highest BCUT2D eigenvalue weighted by atomic mass is 19.1. The van der Waals surface area contributed by atoms with Crippen molar-refractivity contribution in [3.63, 3.8) is 0 Å². The lowest BCUT2D eigenvalue weighted by atomic mass is 10.1. The first-order valence-electron chi connectivity index (χ1n) is 5.91. The van der Waals surface area contributed by atoms with E-state index in [-0.39, 0.29) is 31.0 Å². The molecule has 0 bridgehead atoms. The van der Waals surface area contributed by atoms with Crippen LogP contribution in [0, 0.1) is 11.6 Å². The zero-order valence-electron chi connectivity index (χ0n) is 10.3. The number of benzene rings is 1. The molecule has 1 aromatic rings. The van der Waals surface area contributed by atoms with E-state index < -0.39 is 29.9 Å². The van der Waals surface area contributed by atoms with Gasteiger partial charge in [0.15, 0.2) is 17.7 Å². The summed E-state index contributed by atoms with van der Waals surface area (Å²) in [6.45, 7) is -0.499. The molecule has 1 atom stereocenters. The number of aliphatic hydroxyl groups excluding tert-OH is 1. The van der Waals surface area contributed by atoms with Crippen molar-refractivity contribution < 1.29 is 28.2 Å². The molecule has 0 spiro atoms. The highest BCUT2D eigenvalue weighted by Gasteiger charge is 2.30. The van der Waals surface area contributed by atoms with Crippen molar-refractivity contribution in [2.24, 2.45) is 0 Å². The molecule has 0 aliphatic carbocycles. The number of aliphatic carboxylic acids is 1. The smallest absolute Gasteiger partial charge is 0.334 e. The summed E-state index contributed by atoms with van der Waals surface area (Å²) in [5.41, 5.74) is -0.301. The maximum Gasteiger partial charge on any atom is 0.334 e. The minimum atomic E-state index is -1.68. The van der Waals surface area contributed by atoms with Crippen molar-refractivity contribution in [2.45, 2.75) is 12.3 Å². The van der Waals surface area contributed by atoms with Crippen LogP contribution in [0.1, 0.15) is 0 Å². The van der Waals surface area contributed by atoms with Gasteiger partial charge in [0.1, 0.15) is 11.9 Å². The van der Waals surface area contributed by atoms with E-state index in [0.717, 1.165) is 12.1 Å². The Morgan fingerprint density at radius 3 is 2.40 bits per heavy atom. The molecule has 1 saturated heterocycles. The summed E-state index contributed by atoms with van der Waals surface area (Å²) in [5.74, 6) is -3.18. The van der Waals surface area contributed by atoms with Crippen LogP contribution in [0.5, 0.6) is 0 Å². The van der Waals surface area contributed by atoms with Crippen LogP contribution < -0.4 is 10.2 Å². The first-order valence-corrected chi connectivity index (χ1v) is 5.91. The van der Waals surface area contributed by atoms with E-state index in [1.807, 2.05) is 0 Å². The van der Waals surface area contributed by atoms with Crippen LogP contribution in [-0.4, -0.2) is 48.1 Å². The SMILES string of the molecule is O=C(O)C(O)CNc1cc(F)c(N2CC(F)C2)c(F)c1. The third-order valence-corrected chi connectivity index (χ3v) is 2.95. The number of carbonyl (C=O) groups is 1. The van der Waals surface area contributed by atoms with E-state index in [4.69, 9.17) is 10.2 Å². The minimum absolute atomic E-state index is 0.00127. The van der Waals surface area contributed by atoms with Crippen LogP contribution in [0.3, 0.4) is 0 Å². The van der Waals surface area contributed by atoms with Gasteiger partial charge in [0.25, 0.3) is 0 Å². The van der Waals surface area contributed by atoms with Gasteiger partial charge in [-0.15, -0.1) is 0 Å². The molecule has 2 rings (SSSR count). The number of alkyl halides is 1. The Morgan fingerprint density at radius 1 is 1.40 bits per heavy atom. The van der Waals surface area contributed by atoms with Crippen LogP contribution in [0.15, 0.2) is 12.1 Å². The number of halogens is 3. The van der Waals surface area contributed by atoms with Gasteiger partial charge >= 0.3 is 5.97 Å². The molecule has 0 saturated carbocycles. The molecule has 20 heavy (non-hydrogen) atoms. The van der Waals surface area contributed by atoms with Crippen molar-refractivity contribution in [2.75, 3.05) is 29.9 Å². The zero-order valence-corrected chi connectivity index (χ0v) is 10.3. The Balaban J connectivity index is 2.08.